The van der Waals surface area contributed by atoms with E-state index < -0.39 is 11.9 Å². The number of carboxylic acids is 1. The minimum Gasteiger partial charge on any atom is -0.481 e. The van der Waals surface area contributed by atoms with Crippen LogP contribution in [0.1, 0.15) is 12.8 Å². The molecule has 0 aromatic heterocycles. The maximum absolute atomic E-state index is 10.9. The first-order valence-corrected chi connectivity index (χ1v) is 4.01. The van der Waals surface area contributed by atoms with Gasteiger partial charge in [0.25, 0.3) is 5.91 Å². The molecular weight excluding hydrogens is 190 g/mol. The monoisotopic (exact) mass is 203 g/mol. The summed E-state index contributed by atoms with van der Waals surface area (Å²) >= 11 is 0. The van der Waals surface area contributed by atoms with Gasteiger partial charge in [0.05, 0.1) is 12.8 Å². The van der Waals surface area contributed by atoms with E-state index in [1.165, 1.54) is 19.0 Å². The third-order valence-corrected chi connectivity index (χ3v) is 1.40. The van der Waals surface area contributed by atoms with E-state index in [2.05, 4.69) is 4.74 Å². The number of aliphatic carboxylic acids is 1. The fraction of sp³-hybridized carbons (Fsp3) is 0.625. The number of carbonyl (C=O) groups is 3. The van der Waals surface area contributed by atoms with E-state index in [1.54, 1.807) is 0 Å². The lowest BCUT2D eigenvalue weighted by molar-refractivity contribution is -0.152. The maximum Gasteiger partial charge on any atom is 0.306 e. The van der Waals surface area contributed by atoms with Crippen molar-refractivity contribution in [2.45, 2.75) is 12.8 Å². The fourth-order valence-corrected chi connectivity index (χ4v) is 0.552. The third-order valence-electron chi connectivity index (χ3n) is 1.40. The predicted molar refractivity (Wildman–Crippen MR) is 46.5 cm³/mol. The van der Waals surface area contributed by atoms with E-state index in [9.17, 15) is 14.4 Å². The molecular formula is C8H13NO5. The molecule has 0 saturated heterocycles. The summed E-state index contributed by atoms with van der Waals surface area (Å²) in [5.41, 5.74) is 0. The summed E-state index contributed by atoms with van der Waals surface area (Å²) in [4.78, 5) is 33.1. The zero-order valence-corrected chi connectivity index (χ0v) is 8.15. The van der Waals surface area contributed by atoms with Crippen molar-refractivity contribution in [3.63, 3.8) is 0 Å². The highest BCUT2D eigenvalue weighted by atomic mass is 16.5. The second-order valence-electron chi connectivity index (χ2n) is 2.84. The molecule has 0 rings (SSSR count). The van der Waals surface area contributed by atoms with Crippen molar-refractivity contribution in [1.82, 2.24) is 4.90 Å². The minimum absolute atomic E-state index is 0.212. The third kappa shape index (κ3) is 5.99. The first-order chi connectivity index (χ1) is 6.43. The average molecular weight is 203 g/mol. The van der Waals surface area contributed by atoms with E-state index in [0.29, 0.717) is 0 Å². The predicted octanol–water partition coefficient (Wildman–Crippen LogP) is -0.517. The van der Waals surface area contributed by atoms with Crippen LogP contribution in [0.3, 0.4) is 0 Å². The van der Waals surface area contributed by atoms with Gasteiger partial charge in [0.1, 0.15) is 0 Å². The largest absolute Gasteiger partial charge is 0.481 e. The molecule has 0 atom stereocenters. The summed E-state index contributed by atoms with van der Waals surface area (Å²) in [7, 11) is 3.07. The van der Waals surface area contributed by atoms with Gasteiger partial charge in [-0.25, -0.2) is 0 Å². The Morgan fingerprint density at radius 1 is 1.21 bits per heavy atom. The number of carbonyl (C=O) groups excluding carboxylic acids is 2. The van der Waals surface area contributed by atoms with Crippen molar-refractivity contribution >= 4 is 17.8 Å². The van der Waals surface area contributed by atoms with Gasteiger partial charge in [-0.05, 0) is 0 Å². The minimum atomic E-state index is -1.07. The highest BCUT2D eigenvalue weighted by molar-refractivity contribution is 5.81. The van der Waals surface area contributed by atoms with Crippen LogP contribution in [0, 0.1) is 0 Å². The van der Waals surface area contributed by atoms with Crippen molar-refractivity contribution in [2.24, 2.45) is 0 Å². The summed E-state index contributed by atoms with van der Waals surface area (Å²) in [6, 6.07) is 0. The van der Waals surface area contributed by atoms with Crippen LogP contribution in [-0.4, -0.2) is 48.6 Å². The lowest BCUT2D eigenvalue weighted by Gasteiger charge is -2.09. The zero-order chi connectivity index (χ0) is 11.1. The molecule has 80 valence electrons. The van der Waals surface area contributed by atoms with Crippen LogP contribution in [0.25, 0.3) is 0 Å². The van der Waals surface area contributed by atoms with E-state index in [-0.39, 0.29) is 25.4 Å². The molecule has 6 nitrogen and oxygen atoms in total. The molecule has 0 unspecified atom stereocenters. The second kappa shape index (κ2) is 5.95. The lowest BCUT2D eigenvalue weighted by Crippen LogP contribution is -2.27. The molecule has 0 aliphatic rings. The van der Waals surface area contributed by atoms with Gasteiger partial charge in [0.2, 0.25) is 0 Å². The van der Waals surface area contributed by atoms with E-state index in [4.69, 9.17) is 5.11 Å². The standard InChI is InChI=1S/C8H13NO5/c1-9(2)6(10)5-14-8(13)4-3-7(11)12/h3-5H2,1-2H3,(H,11,12). The zero-order valence-electron chi connectivity index (χ0n) is 8.15. The molecule has 0 fully saturated rings. The van der Waals surface area contributed by atoms with Crippen LogP contribution in [0.4, 0.5) is 0 Å². The van der Waals surface area contributed by atoms with Crippen LogP contribution in [-0.2, 0) is 19.1 Å². The van der Waals surface area contributed by atoms with Crippen molar-refractivity contribution in [3.05, 3.63) is 0 Å². The Balaban J connectivity index is 3.64. The Bertz CT molecular complexity index is 236. The number of likely N-dealkylation sites (N-methyl/N-ethyl adjacent to an activating group) is 1. The van der Waals surface area contributed by atoms with Crippen molar-refractivity contribution in [1.29, 1.82) is 0 Å². The Morgan fingerprint density at radius 2 is 1.79 bits per heavy atom. The number of ether oxygens (including phenoxy) is 1. The van der Waals surface area contributed by atoms with Crippen molar-refractivity contribution in [2.75, 3.05) is 20.7 Å². The van der Waals surface area contributed by atoms with Gasteiger partial charge in [-0.2, -0.15) is 0 Å². The summed E-state index contributed by atoms with van der Waals surface area (Å²) in [5, 5.41) is 8.25. The van der Waals surface area contributed by atoms with Gasteiger partial charge in [-0.1, -0.05) is 0 Å². The summed E-state index contributed by atoms with van der Waals surface area (Å²) in [6.45, 7) is -0.342. The SMILES string of the molecule is CN(C)C(=O)COC(=O)CCC(=O)O. The normalized spacial score (nSPS) is 9.29. The summed E-state index contributed by atoms with van der Waals surface area (Å²) in [5.74, 6) is -2.09. The average Bonchev–Trinajstić information content (AvgIpc) is 2.10. The highest BCUT2D eigenvalue weighted by Crippen LogP contribution is 1.93. The maximum atomic E-state index is 10.9. The van der Waals surface area contributed by atoms with Gasteiger partial charge < -0.3 is 14.7 Å². The Hall–Kier alpha value is -1.59. The molecule has 0 bridgehead atoms. The molecule has 0 aliphatic heterocycles. The van der Waals surface area contributed by atoms with Gasteiger partial charge >= 0.3 is 11.9 Å². The van der Waals surface area contributed by atoms with Gasteiger partial charge in [0, 0.05) is 14.1 Å². The van der Waals surface area contributed by atoms with Gasteiger partial charge in [-0.3, -0.25) is 14.4 Å². The van der Waals surface area contributed by atoms with Crippen molar-refractivity contribution in [3.8, 4) is 0 Å². The molecule has 0 heterocycles. The van der Waals surface area contributed by atoms with Crippen LogP contribution in [0.5, 0.6) is 0 Å². The fourth-order valence-electron chi connectivity index (χ4n) is 0.552. The first-order valence-electron chi connectivity index (χ1n) is 4.01. The quantitative estimate of drug-likeness (QED) is 0.608. The van der Waals surface area contributed by atoms with E-state index in [1.807, 2.05) is 0 Å². The molecule has 0 aromatic carbocycles. The number of carboxylic acid groups (broad SMARTS) is 1. The van der Waals surface area contributed by atoms with Crippen molar-refractivity contribution < 1.29 is 24.2 Å². The summed E-state index contributed by atoms with van der Waals surface area (Å²) in [6.07, 6.45) is -0.495. The molecule has 1 amide bonds. The van der Waals surface area contributed by atoms with E-state index in [0.717, 1.165) is 0 Å². The number of nitrogens with zero attached hydrogens (tertiary/aromatic N) is 1. The number of hydrogen-bond acceptors (Lipinski definition) is 4. The molecule has 0 aliphatic carbocycles. The highest BCUT2D eigenvalue weighted by Gasteiger charge is 2.10. The van der Waals surface area contributed by atoms with Gasteiger partial charge in [-0.15, -0.1) is 0 Å². The van der Waals surface area contributed by atoms with Crippen LogP contribution in [0.15, 0.2) is 0 Å². The number of hydrogen-bond donors (Lipinski definition) is 1. The Morgan fingerprint density at radius 3 is 2.21 bits per heavy atom. The molecule has 1 N–H and O–H groups in total. The Labute approximate surface area is 81.4 Å². The molecule has 0 aromatic rings. The van der Waals surface area contributed by atoms with Crippen LogP contribution in [0.2, 0.25) is 0 Å². The number of esters is 1. The Kier molecular flexibility index (Phi) is 5.28. The topological polar surface area (TPSA) is 83.9 Å². The van der Waals surface area contributed by atoms with Crippen LogP contribution >= 0.6 is 0 Å². The second-order valence-corrected chi connectivity index (χ2v) is 2.84. The van der Waals surface area contributed by atoms with E-state index >= 15 is 0 Å². The number of amides is 1. The molecule has 0 saturated carbocycles. The molecule has 14 heavy (non-hydrogen) atoms. The summed E-state index contributed by atoms with van der Waals surface area (Å²) < 4.78 is 4.52. The first kappa shape index (κ1) is 12.4. The lowest BCUT2D eigenvalue weighted by atomic mass is 10.3. The molecule has 6 heteroatoms. The van der Waals surface area contributed by atoms with Gasteiger partial charge in [0.15, 0.2) is 6.61 Å². The number of rotatable bonds is 5. The van der Waals surface area contributed by atoms with Crippen LogP contribution < -0.4 is 0 Å². The molecule has 0 radical (unpaired) electrons. The smallest absolute Gasteiger partial charge is 0.306 e. The molecule has 0 spiro atoms.